The zero-order valence-corrected chi connectivity index (χ0v) is 10.9. The highest BCUT2D eigenvalue weighted by Gasteiger charge is 2.19. The minimum Gasteiger partial charge on any atom is -0.480 e. The van der Waals surface area contributed by atoms with Gasteiger partial charge in [0, 0.05) is 17.2 Å². The Morgan fingerprint density at radius 3 is 3.18 bits per heavy atom. The van der Waals surface area contributed by atoms with Gasteiger partial charge in [-0.2, -0.15) is 11.8 Å². The Hall–Kier alpha value is -0.790. The second-order valence-electron chi connectivity index (χ2n) is 3.95. The van der Waals surface area contributed by atoms with Gasteiger partial charge >= 0.3 is 5.97 Å². The van der Waals surface area contributed by atoms with Gasteiger partial charge in [0.25, 0.3) is 0 Å². The molecule has 0 aliphatic carbocycles. The zero-order valence-electron chi connectivity index (χ0n) is 9.26. The van der Waals surface area contributed by atoms with Crippen LogP contribution in [0.3, 0.4) is 0 Å². The molecule has 2 rings (SSSR count). The Balaban J connectivity index is 1.95. The van der Waals surface area contributed by atoms with Crippen molar-refractivity contribution in [2.24, 2.45) is 5.73 Å². The second-order valence-corrected chi connectivity index (χ2v) is 5.96. The van der Waals surface area contributed by atoms with Gasteiger partial charge in [-0.25, -0.2) is 4.98 Å². The molecule has 2 heterocycles. The van der Waals surface area contributed by atoms with E-state index in [-0.39, 0.29) is 0 Å². The van der Waals surface area contributed by atoms with E-state index in [9.17, 15) is 4.79 Å². The summed E-state index contributed by atoms with van der Waals surface area (Å²) < 4.78 is 0. The minimum absolute atomic E-state index is 0.425. The van der Waals surface area contributed by atoms with E-state index in [0.717, 1.165) is 17.3 Å². The maximum absolute atomic E-state index is 10.7. The number of rotatable bonds is 4. The predicted octanol–water partition coefficient (Wildman–Crippen LogP) is 1.53. The van der Waals surface area contributed by atoms with Crippen LogP contribution in [0.4, 0.5) is 5.13 Å². The fraction of sp³-hybridized carbons (Fsp3) is 0.600. The molecule has 4 N–H and O–H groups in total. The zero-order chi connectivity index (χ0) is 12.3. The van der Waals surface area contributed by atoms with E-state index in [4.69, 9.17) is 10.8 Å². The van der Waals surface area contributed by atoms with Gasteiger partial charge < -0.3 is 16.2 Å². The number of carboxylic acid groups (broad SMARTS) is 1. The van der Waals surface area contributed by atoms with Gasteiger partial charge in [0.15, 0.2) is 5.13 Å². The standard InChI is InChI=1S/C10H15N3O2S2/c11-8(9(14)15)7-5-17-10(13-7)12-6-2-1-3-16-4-6/h5-6,8H,1-4,11H2,(H,12,13)(H,14,15). The van der Waals surface area contributed by atoms with Crippen LogP contribution < -0.4 is 11.1 Å². The lowest BCUT2D eigenvalue weighted by Crippen LogP contribution is -2.26. The van der Waals surface area contributed by atoms with E-state index in [1.807, 2.05) is 11.8 Å². The van der Waals surface area contributed by atoms with Gasteiger partial charge in [-0.05, 0) is 18.6 Å². The topological polar surface area (TPSA) is 88.2 Å². The van der Waals surface area contributed by atoms with E-state index in [1.54, 1.807) is 5.38 Å². The molecule has 1 aromatic rings. The molecule has 7 heteroatoms. The first-order valence-corrected chi connectivity index (χ1v) is 7.48. The largest absolute Gasteiger partial charge is 0.480 e. The predicted molar refractivity (Wildman–Crippen MR) is 70.6 cm³/mol. The number of anilines is 1. The maximum Gasteiger partial charge on any atom is 0.326 e. The molecule has 0 radical (unpaired) electrons. The van der Waals surface area contributed by atoms with Gasteiger partial charge in [0.2, 0.25) is 0 Å². The first-order chi connectivity index (χ1) is 8.16. The van der Waals surface area contributed by atoms with Crippen LogP contribution in [0.25, 0.3) is 0 Å². The second kappa shape index (κ2) is 5.70. The summed E-state index contributed by atoms with van der Waals surface area (Å²) in [5, 5.41) is 14.6. The Morgan fingerprint density at radius 1 is 1.71 bits per heavy atom. The summed E-state index contributed by atoms with van der Waals surface area (Å²) in [6.07, 6.45) is 2.36. The van der Waals surface area contributed by atoms with Crippen molar-refractivity contribution in [2.75, 3.05) is 16.8 Å². The van der Waals surface area contributed by atoms with E-state index < -0.39 is 12.0 Å². The highest BCUT2D eigenvalue weighted by molar-refractivity contribution is 7.99. The average molecular weight is 273 g/mol. The molecule has 0 aromatic carbocycles. The molecule has 94 valence electrons. The molecule has 0 amide bonds. The lowest BCUT2D eigenvalue weighted by molar-refractivity contribution is -0.138. The summed E-state index contributed by atoms with van der Waals surface area (Å²) >= 11 is 3.35. The third kappa shape index (κ3) is 3.34. The number of aliphatic carboxylic acids is 1. The van der Waals surface area contributed by atoms with Crippen molar-refractivity contribution < 1.29 is 9.90 Å². The minimum atomic E-state index is -1.05. The van der Waals surface area contributed by atoms with Crippen LogP contribution in [-0.2, 0) is 4.79 Å². The molecule has 1 fully saturated rings. The van der Waals surface area contributed by atoms with Gasteiger partial charge in [-0.3, -0.25) is 4.79 Å². The molecule has 5 nitrogen and oxygen atoms in total. The number of carbonyl (C=O) groups is 1. The van der Waals surface area contributed by atoms with Crippen LogP contribution >= 0.6 is 23.1 Å². The number of nitrogens with one attached hydrogen (secondary N) is 1. The highest BCUT2D eigenvalue weighted by atomic mass is 32.2. The van der Waals surface area contributed by atoms with Gasteiger partial charge in [-0.1, -0.05) is 0 Å². The van der Waals surface area contributed by atoms with Crippen molar-refractivity contribution in [3.05, 3.63) is 11.1 Å². The molecule has 2 unspecified atom stereocenters. The summed E-state index contributed by atoms with van der Waals surface area (Å²) in [6.45, 7) is 0. The summed E-state index contributed by atoms with van der Waals surface area (Å²) in [7, 11) is 0. The monoisotopic (exact) mass is 273 g/mol. The van der Waals surface area contributed by atoms with Crippen molar-refractivity contribution in [1.29, 1.82) is 0 Å². The van der Waals surface area contributed by atoms with Crippen LogP contribution in [0, 0.1) is 0 Å². The fourth-order valence-electron chi connectivity index (χ4n) is 1.65. The number of aromatic nitrogens is 1. The number of thioether (sulfide) groups is 1. The fourth-order valence-corrected chi connectivity index (χ4v) is 3.55. The molecule has 0 spiro atoms. The summed E-state index contributed by atoms with van der Waals surface area (Å²) in [5.74, 6) is 1.26. The van der Waals surface area contributed by atoms with E-state index in [0.29, 0.717) is 11.7 Å². The van der Waals surface area contributed by atoms with Gasteiger partial charge in [-0.15, -0.1) is 11.3 Å². The smallest absolute Gasteiger partial charge is 0.326 e. The van der Waals surface area contributed by atoms with Crippen molar-refractivity contribution in [2.45, 2.75) is 24.9 Å². The van der Waals surface area contributed by atoms with Crippen LogP contribution in [0.15, 0.2) is 5.38 Å². The van der Waals surface area contributed by atoms with E-state index >= 15 is 0 Å². The molecular formula is C10H15N3O2S2. The van der Waals surface area contributed by atoms with E-state index in [2.05, 4.69) is 10.3 Å². The van der Waals surface area contributed by atoms with Crippen LogP contribution in [0.1, 0.15) is 24.6 Å². The van der Waals surface area contributed by atoms with Gasteiger partial charge in [0.05, 0.1) is 5.69 Å². The first-order valence-electron chi connectivity index (χ1n) is 5.45. The lowest BCUT2D eigenvalue weighted by Gasteiger charge is -2.21. The summed E-state index contributed by atoms with van der Waals surface area (Å²) in [4.78, 5) is 14.9. The molecule has 0 bridgehead atoms. The number of carboxylic acids is 1. The Morgan fingerprint density at radius 2 is 2.53 bits per heavy atom. The van der Waals surface area contributed by atoms with Crippen LogP contribution in [0.2, 0.25) is 0 Å². The van der Waals surface area contributed by atoms with Crippen LogP contribution in [0.5, 0.6) is 0 Å². The molecular weight excluding hydrogens is 258 g/mol. The highest BCUT2D eigenvalue weighted by Crippen LogP contribution is 2.24. The number of nitrogens with two attached hydrogens (primary N) is 1. The Bertz CT molecular complexity index is 391. The van der Waals surface area contributed by atoms with Crippen molar-refractivity contribution in [1.82, 2.24) is 4.98 Å². The summed E-state index contributed by atoms with van der Waals surface area (Å²) in [5.41, 5.74) is 5.92. The molecule has 17 heavy (non-hydrogen) atoms. The van der Waals surface area contributed by atoms with Gasteiger partial charge in [0.1, 0.15) is 6.04 Å². The Kier molecular flexibility index (Phi) is 4.25. The van der Waals surface area contributed by atoms with Crippen molar-refractivity contribution in [3.8, 4) is 0 Å². The third-order valence-electron chi connectivity index (χ3n) is 2.59. The average Bonchev–Trinajstić information content (AvgIpc) is 2.77. The normalized spacial score (nSPS) is 22.1. The molecule has 2 atom stereocenters. The number of hydrogen-bond acceptors (Lipinski definition) is 6. The van der Waals surface area contributed by atoms with Crippen molar-refractivity contribution in [3.63, 3.8) is 0 Å². The van der Waals surface area contributed by atoms with Crippen LogP contribution in [-0.4, -0.2) is 33.6 Å². The third-order valence-corrected chi connectivity index (χ3v) is 4.60. The quantitative estimate of drug-likeness (QED) is 0.771. The SMILES string of the molecule is NC(C(=O)O)c1csc(NC2CCCSC2)n1. The van der Waals surface area contributed by atoms with E-state index in [1.165, 1.54) is 23.5 Å². The lowest BCUT2D eigenvalue weighted by atomic mass is 10.2. The first kappa shape index (κ1) is 12.7. The number of hydrogen-bond donors (Lipinski definition) is 3. The maximum atomic E-state index is 10.7. The van der Waals surface area contributed by atoms with Crippen molar-refractivity contribution >= 4 is 34.2 Å². The number of thiazole rings is 1. The molecule has 1 aliphatic rings. The molecule has 1 aliphatic heterocycles. The molecule has 1 saturated heterocycles. The Labute approximate surface area is 108 Å². The molecule has 0 saturated carbocycles. The summed E-state index contributed by atoms with van der Waals surface area (Å²) in [6, 6.07) is -0.587. The molecule has 1 aromatic heterocycles. The number of nitrogens with zero attached hydrogens (tertiary/aromatic N) is 1.